The van der Waals surface area contributed by atoms with Gasteiger partial charge < -0.3 is 41.3 Å². The standard InChI is InChI=1S/C20H24N3O10P/c21-17(26)12-7-4-8-23(10-12)18-14(25)13(24)15(32-18)16(33-34(29,30)31)20(22,19(27)28)9-11-5-2-1-3-6-11/h1-8,10,13-16,18,24-25H,9,22H2,(H4-,21,26,27,28,29,30,31)/p+1/t13-,14+,15+,16?,18+,20-/m0/s1. The Labute approximate surface area is 193 Å². The SMILES string of the molecule is NC(=O)c1ccc[n+]([C@@H]2O[C@@H](C(OP(=O)(O)O)[C@@](N)(Cc3ccccc3)C(=O)O)[C@@H](O)[C@H]2O)c1. The average molecular weight is 498 g/mol. The third-order valence-electron chi connectivity index (χ3n) is 5.47. The molecule has 1 fully saturated rings. The molecule has 34 heavy (non-hydrogen) atoms. The Morgan fingerprint density at radius 1 is 1.15 bits per heavy atom. The van der Waals surface area contributed by atoms with Crippen LogP contribution in [-0.2, 0) is 25.0 Å². The lowest BCUT2D eigenvalue weighted by Gasteiger charge is -2.37. The second kappa shape index (κ2) is 9.86. The van der Waals surface area contributed by atoms with Gasteiger partial charge in [0.2, 0.25) is 0 Å². The van der Waals surface area contributed by atoms with Crippen LogP contribution in [0.5, 0.6) is 0 Å². The molecule has 2 aromatic rings. The molecule has 3 rings (SSSR count). The smallest absolute Gasteiger partial charge is 0.470 e. The topological polar surface area (TPSA) is 227 Å². The highest BCUT2D eigenvalue weighted by Crippen LogP contribution is 2.44. The van der Waals surface area contributed by atoms with Gasteiger partial charge in [-0.3, -0.25) is 14.1 Å². The van der Waals surface area contributed by atoms with Gasteiger partial charge in [-0.05, 0) is 11.6 Å². The van der Waals surface area contributed by atoms with Gasteiger partial charge in [-0.25, -0.2) is 4.57 Å². The molecule has 0 radical (unpaired) electrons. The van der Waals surface area contributed by atoms with Gasteiger partial charge in [-0.15, -0.1) is 0 Å². The first-order valence-corrected chi connectivity index (χ1v) is 11.5. The highest BCUT2D eigenvalue weighted by Gasteiger charge is 2.59. The van der Waals surface area contributed by atoms with Gasteiger partial charge in [-0.2, -0.15) is 4.57 Å². The van der Waals surface area contributed by atoms with Crippen molar-refractivity contribution < 1.29 is 53.1 Å². The van der Waals surface area contributed by atoms with Gasteiger partial charge in [0, 0.05) is 12.5 Å². The molecule has 9 N–H and O–H groups in total. The van der Waals surface area contributed by atoms with Gasteiger partial charge >= 0.3 is 13.8 Å². The van der Waals surface area contributed by atoms with Crippen LogP contribution in [-0.4, -0.2) is 66.9 Å². The Morgan fingerprint density at radius 3 is 2.35 bits per heavy atom. The van der Waals surface area contributed by atoms with Gasteiger partial charge in [0.05, 0.1) is 0 Å². The molecule has 0 bridgehead atoms. The number of carboxylic acid groups (broad SMARTS) is 1. The van der Waals surface area contributed by atoms with Crippen molar-refractivity contribution in [2.75, 3.05) is 0 Å². The third-order valence-corrected chi connectivity index (χ3v) is 5.97. The maximum Gasteiger partial charge on any atom is 0.470 e. The number of aliphatic hydroxyl groups is 2. The number of ether oxygens (including phenoxy) is 1. The number of aliphatic hydroxyl groups excluding tert-OH is 2. The summed E-state index contributed by atoms with van der Waals surface area (Å²) in [4.78, 5) is 42.7. The molecule has 1 unspecified atom stereocenters. The number of phosphoric ester groups is 1. The molecule has 6 atom stereocenters. The van der Waals surface area contributed by atoms with Crippen molar-refractivity contribution in [3.8, 4) is 0 Å². The number of rotatable bonds is 9. The van der Waals surface area contributed by atoms with Gasteiger partial charge in [0.1, 0.15) is 29.4 Å². The van der Waals surface area contributed by atoms with Crippen LogP contribution in [0.25, 0.3) is 0 Å². The zero-order valence-electron chi connectivity index (χ0n) is 17.6. The number of primary amides is 1. The van der Waals surface area contributed by atoms with Gasteiger partial charge in [-0.1, -0.05) is 30.3 Å². The van der Waals surface area contributed by atoms with Gasteiger partial charge in [0.25, 0.3) is 12.1 Å². The van der Waals surface area contributed by atoms with Crippen molar-refractivity contribution in [2.24, 2.45) is 11.5 Å². The number of nitrogens with two attached hydrogens (primary N) is 2. The summed E-state index contributed by atoms with van der Waals surface area (Å²) >= 11 is 0. The molecule has 184 valence electrons. The Morgan fingerprint density at radius 2 is 1.79 bits per heavy atom. The number of carboxylic acids is 1. The van der Waals surface area contributed by atoms with E-state index in [1.807, 2.05) is 0 Å². The zero-order chi connectivity index (χ0) is 25.3. The molecule has 1 aliphatic heterocycles. The van der Waals surface area contributed by atoms with Crippen LogP contribution < -0.4 is 16.0 Å². The van der Waals surface area contributed by atoms with Crippen molar-refractivity contribution in [2.45, 2.75) is 42.6 Å². The summed E-state index contributed by atoms with van der Waals surface area (Å²) in [5, 5.41) is 31.2. The van der Waals surface area contributed by atoms with E-state index in [9.17, 15) is 39.3 Å². The number of hydrogen-bond acceptors (Lipinski definition) is 8. The summed E-state index contributed by atoms with van der Waals surface area (Å²) in [6, 6.07) is 10.8. The highest BCUT2D eigenvalue weighted by atomic mass is 31.2. The minimum atomic E-state index is -5.36. The zero-order valence-corrected chi connectivity index (χ0v) is 18.5. The molecular formula is C20H25N3O10P+. The van der Waals surface area contributed by atoms with Crippen LogP contribution in [0.4, 0.5) is 0 Å². The lowest BCUT2D eigenvalue weighted by atomic mass is 9.82. The van der Waals surface area contributed by atoms with Crippen molar-refractivity contribution in [1.82, 2.24) is 0 Å². The van der Waals surface area contributed by atoms with Crippen molar-refractivity contribution in [3.63, 3.8) is 0 Å². The summed E-state index contributed by atoms with van der Waals surface area (Å²) in [5.41, 5.74) is 9.36. The van der Waals surface area contributed by atoms with E-state index in [2.05, 4.69) is 0 Å². The highest BCUT2D eigenvalue weighted by molar-refractivity contribution is 7.46. The van der Waals surface area contributed by atoms with Crippen molar-refractivity contribution in [3.05, 3.63) is 66.0 Å². The summed E-state index contributed by atoms with van der Waals surface area (Å²) in [6.45, 7) is 0. The number of aromatic nitrogens is 1. The Kier molecular flexibility index (Phi) is 7.50. The Bertz CT molecular complexity index is 1100. The van der Waals surface area contributed by atoms with Crippen LogP contribution in [0.2, 0.25) is 0 Å². The molecule has 14 heteroatoms. The molecular weight excluding hydrogens is 473 g/mol. The molecule has 2 heterocycles. The van der Waals surface area contributed by atoms with E-state index < -0.39 is 62.3 Å². The fraction of sp³-hybridized carbons (Fsp3) is 0.350. The molecule has 0 aliphatic carbocycles. The summed E-state index contributed by atoms with van der Waals surface area (Å²) in [7, 11) is -5.36. The second-order valence-corrected chi connectivity index (χ2v) is 9.09. The summed E-state index contributed by atoms with van der Waals surface area (Å²) in [5.74, 6) is -2.47. The van der Waals surface area contributed by atoms with Crippen molar-refractivity contribution >= 4 is 19.7 Å². The first-order valence-electron chi connectivity index (χ1n) is 9.96. The lowest BCUT2D eigenvalue weighted by molar-refractivity contribution is -0.766. The third kappa shape index (κ3) is 5.49. The Hall–Kier alpha value is -2.74. The minimum absolute atomic E-state index is 0.0436. The number of carbonyl (C=O) groups is 2. The number of benzene rings is 1. The van der Waals surface area contributed by atoms with E-state index in [0.717, 1.165) is 0 Å². The summed E-state index contributed by atoms with van der Waals surface area (Å²) in [6.07, 6.45) is -6.72. The maximum absolute atomic E-state index is 12.3. The minimum Gasteiger partial charge on any atom is -0.480 e. The van der Waals surface area contributed by atoms with E-state index in [-0.39, 0.29) is 5.56 Å². The van der Waals surface area contributed by atoms with Crippen molar-refractivity contribution in [1.29, 1.82) is 0 Å². The largest absolute Gasteiger partial charge is 0.480 e. The van der Waals surface area contributed by atoms with Crippen LogP contribution in [0.1, 0.15) is 22.1 Å². The second-order valence-electron chi connectivity index (χ2n) is 7.90. The number of pyridine rings is 1. The number of amides is 1. The predicted molar refractivity (Wildman–Crippen MR) is 113 cm³/mol. The van der Waals surface area contributed by atoms with E-state index in [1.54, 1.807) is 30.3 Å². The van der Waals surface area contributed by atoms with E-state index in [4.69, 9.17) is 20.7 Å². The molecule has 1 aromatic heterocycles. The quantitative estimate of drug-likeness (QED) is 0.151. The molecule has 1 saturated heterocycles. The van der Waals surface area contributed by atoms with E-state index >= 15 is 0 Å². The molecule has 1 aliphatic rings. The van der Waals surface area contributed by atoms with Crippen LogP contribution >= 0.6 is 7.82 Å². The number of phosphoric acid groups is 1. The van der Waals surface area contributed by atoms with Gasteiger partial charge in [0.15, 0.2) is 18.5 Å². The molecule has 13 nitrogen and oxygen atoms in total. The monoisotopic (exact) mass is 498 g/mol. The molecule has 1 amide bonds. The molecule has 1 aromatic carbocycles. The predicted octanol–water partition coefficient (Wildman–Crippen LogP) is -1.81. The van der Waals surface area contributed by atoms with Crippen LogP contribution in [0.15, 0.2) is 54.9 Å². The number of nitrogens with zero attached hydrogens (tertiary/aromatic N) is 1. The van der Waals surface area contributed by atoms with Crippen LogP contribution in [0.3, 0.4) is 0 Å². The Balaban J connectivity index is 2.02. The maximum atomic E-state index is 12.3. The number of carbonyl (C=O) groups excluding carboxylic acids is 1. The van der Waals surface area contributed by atoms with E-state index in [1.165, 1.54) is 29.1 Å². The fourth-order valence-corrected chi connectivity index (χ4v) is 4.41. The normalized spacial score (nSPS) is 25.4. The first-order chi connectivity index (χ1) is 15.8. The number of hydrogen-bond donors (Lipinski definition) is 7. The molecule has 0 saturated carbocycles. The van der Waals surface area contributed by atoms with E-state index in [0.29, 0.717) is 5.56 Å². The van der Waals surface area contributed by atoms with Crippen LogP contribution in [0, 0.1) is 0 Å². The number of aliphatic carboxylic acids is 1. The average Bonchev–Trinajstić information content (AvgIpc) is 3.06. The lowest BCUT2D eigenvalue weighted by Crippen LogP contribution is -2.65. The molecule has 0 spiro atoms. The first kappa shape index (κ1) is 25.9. The summed E-state index contributed by atoms with van der Waals surface area (Å²) < 4.78 is 23.4. The fourth-order valence-electron chi connectivity index (χ4n) is 3.81.